The number of amides is 2. The van der Waals surface area contributed by atoms with Crippen molar-refractivity contribution in [1.82, 2.24) is 10.2 Å². The molecule has 1 saturated heterocycles. The van der Waals surface area contributed by atoms with E-state index < -0.39 is 17.4 Å². The van der Waals surface area contributed by atoms with Gasteiger partial charge in [-0.2, -0.15) is 0 Å². The number of nitrogens with zero attached hydrogens (tertiary/aromatic N) is 1. The molecular weight excluding hydrogens is 244 g/mol. The standard InChI is InChI=1S/C14H26N2O3/c1-5-10-6-8-16(9-7-10)13(19)15-11(12(17)18)14(2,3)4/h10-11H,5-9H2,1-4H3,(H,15,19)(H,17,18)/t11-/m0/s1. The van der Waals surface area contributed by atoms with E-state index in [9.17, 15) is 14.7 Å². The summed E-state index contributed by atoms with van der Waals surface area (Å²) in [5, 5.41) is 11.8. The van der Waals surface area contributed by atoms with Crippen LogP contribution in [0, 0.1) is 11.3 Å². The summed E-state index contributed by atoms with van der Waals surface area (Å²) < 4.78 is 0. The van der Waals surface area contributed by atoms with E-state index in [1.165, 1.54) is 0 Å². The van der Waals surface area contributed by atoms with Crippen molar-refractivity contribution in [3.63, 3.8) is 0 Å². The molecule has 1 rings (SSSR count). The van der Waals surface area contributed by atoms with Gasteiger partial charge in [0.15, 0.2) is 0 Å². The summed E-state index contributed by atoms with van der Waals surface area (Å²) in [6.45, 7) is 9.06. The van der Waals surface area contributed by atoms with Crippen molar-refractivity contribution in [2.45, 2.75) is 53.0 Å². The topological polar surface area (TPSA) is 69.6 Å². The number of carboxylic acid groups (broad SMARTS) is 1. The third-order valence-electron chi connectivity index (χ3n) is 3.86. The Morgan fingerprint density at radius 3 is 2.21 bits per heavy atom. The Bertz CT molecular complexity index is 328. The Labute approximate surface area is 115 Å². The highest BCUT2D eigenvalue weighted by atomic mass is 16.4. The summed E-state index contributed by atoms with van der Waals surface area (Å²) >= 11 is 0. The number of aliphatic carboxylic acids is 1. The predicted molar refractivity (Wildman–Crippen MR) is 74.0 cm³/mol. The fraction of sp³-hybridized carbons (Fsp3) is 0.857. The van der Waals surface area contributed by atoms with Crippen LogP contribution in [0.3, 0.4) is 0 Å². The highest BCUT2D eigenvalue weighted by Gasteiger charge is 2.34. The Balaban J connectivity index is 2.57. The van der Waals surface area contributed by atoms with Crippen LogP contribution >= 0.6 is 0 Å². The third kappa shape index (κ3) is 4.40. The average molecular weight is 270 g/mol. The number of hydrogen-bond acceptors (Lipinski definition) is 2. The Morgan fingerprint density at radius 2 is 1.84 bits per heavy atom. The number of carbonyl (C=O) groups excluding carboxylic acids is 1. The largest absolute Gasteiger partial charge is 0.480 e. The van der Waals surface area contributed by atoms with Crippen LogP contribution in [0.5, 0.6) is 0 Å². The molecule has 1 aliphatic rings. The summed E-state index contributed by atoms with van der Waals surface area (Å²) in [6, 6.07) is -1.11. The lowest BCUT2D eigenvalue weighted by Crippen LogP contribution is -2.54. The van der Waals surface area contributed by atoms with E-state index in [4.69, 9.17) is 0 Å². The smallest absolute Gasteiger partial charge is 0.326 e. The fourth-order valence-corrected chi connectivity index (χ4v) is 2.41. The SMILES string of the molecule is CCC1CCN(C(=O)N[C@@H](C(=O)O)C(C)(C)C)CC1. The molecule has 1 atom stereocenters. The van der Waals surface area contributed by atoms with Gasteiger partial charge in [-0.25, -0.2) is 9.59 Å². The molecule has 5 nitrogen and oxygen atoms in total. The van der Waals surface area contributed by atoms with Crippen molar-refractivity contribution in [3.05, 3.63) is 0 Å². The average Bonchev–Trinajstić information content (AvgIpc) is 2.34. The lowest BCUT2D eigenvalue weighted by molar-refractivity contribution is -0.142. The fourth-order valence-electron chi connectivity index (χ4n) is 2.41. The van der Waals surface area contributed by atoms with Gasteiger partial charge in [0.05, 0.1) is 0 Å². The molecule has 19 heavy (non-hydrogen) atoms. The maximum atomic E-state index is 12.1. The van der Waals surface area contributed by atoms with Crippen LogP contribution in [0.1, 0.15) is 47.0 Å². The molecule has 2 amide bonds. The Morgan fingerprint density at radius 1 is 1.32 bits per heavy atom. The summed E-state index contributed by atoms with van der Waals surface area (Å²) in [7, 11) is 0. The van der Waals surface area contributed by atoms with Crippen LogP contribution in [-0.4, -0.2) is 41.1 Å². The molecule has 1 fully saturated rings. The van der Waals surface area contributed by atoms with Crippen LogP contribution in [0.25, 0.3) is 0 Å². The van der Waals surface area contributed by atoms with E-state index in [2.05, 4.69) is 12.2 Å². The Kier molecular flexibility index (Phi) is 5.20. The molecular formula is C14H26N2O3. The third-order valence-corrected chi connectivity index (χ3v) is 3.86. The summed E-state index contributed by atoms with van der Waals surface area (Å²) in [4.78, 5) is 25.1. The van der Waals surface area contributed by atoms with Crippen molar-refractivity contribution < 1.29 is 14.7 Å². The van der Waals surface area contributed by atoms with Crippen LogP contribution in [-0.2, 0) is 4.79 Å². The minimum absolute atomic E-state index is 0.253. The molecule has 0 radical (unpaired) electrons. The first kappa shape index (κ1) is 15.8. The van der Waals surface area contributed by atoms with Gasteiger partial charge in [0, 0.05) is 13.1 Å². The van der Waals surface area contributed by atoms with E-state index in [-0.39, 0.29) is 6.03 Å². The number of nitrogens with one attached hydrogen (secondary N) is 1. The molecule has 0 aromatic heterocycles. The lowest BCUT2D eigenvalue weighted by atomic mass is 9.87. The normalized spacial score (nSPS) is 19.1. The van der Waals surface area contributed by atoms with Gasteiger partial charge in [0.1, 0.15) is 6.04 Å². The zero-order valence-corrected chi connectivity index (χ0v) is 12.4. The van der Waals surface area contributed by atoms with Gasteiger partial charge in [-0.15, -0.1) is 0 Å². The number of urea groups is 1. The number of rotatable bonds is 3. The van der Waals surface area contributed by atoms with E-state index in [1.807, 2.05) is 20.8 Å². The first-order valence-corrected chi connectivity index (χ1v) is 7.04. The second kappa shape index (κ2) is 6.26. The molecule has 0 aromatic carbocycles. The highest BCUT2D eigenvalue weighted by molar-refractivity contribution is 5.83. The van der Waals surface area contributed by atoms with Crippen LogP contribution in [0.15, 0.2) is 0 Å². The first-order valence-electron chi connectivity index (χ1n) is 7.04. The Hall–Kier alpha value is -1.26. The van der Waals surface area contributed by atoms with E-state index in [0.29, 0.717) is 5.92 Å². The molecule has 110 valence electrons. The van der Waals surface area contributed by atoms with Crippen molar-refractivity contribution >= 4 is 12.0 Å². The maximum absolute atomic E-state index is 12.1. The van der Waals surface area contributed by atoms with Crippen molar-refractivity contribution in [3.8, 4) is 0 Å². The molecule has 0 aromatic rings. The second-order valence-corrected chi connectivity index (χ2v) is 6.43. The summed E-state index contributed by atoms with van der Waals surface area (Å²) in [5.74, 6) is -0.286. The molecule has 0 spiro atoms. The number of likely N-dealkylation sites (tertiary alicyclic amines) is 1. The molecule has 2 N–H and O–H groups in total. The number of carboxylic acids is 1. The number of hydrogen-bond donors (Lipinski definition) is 2. The van der Waals surface area contributed by atoms with Gasteiger partial charge in [-0.3, -0.25) is 0 Å². The van der Waals surface area contributed by atoms with Gasteiger partial charge in [-0.1, -0.05) is 34.1 Å². The zero-order valence-electron chi connectivity index (χ0n) is 12.4. The summed E-state index contributed by atoms with van der Waals surface area (Å²) in [6.07, 6.45) is 3.17. The summed E-state index contributed by atoms with van der Waals surface area (Å²) in [5.41, 5.74) is -0.497. The zero-order chi connectivity index (χ0) is 14.6. The van der Waals surface area contributed by atoms with E-state index >= 15 is 0 Å². The maximum Gasteiger partial charge on any atom is 0.326 e. The lowest BCUT2D eigenvalue weighted by Gasteiger charge is -2.34. The molecule has 0 bridgehead atoms. The van der Waals surface area contributed by atoms with Gasteiger partial charge >= 0.3 is 12.0 Å². The van der Waals surface area contributed by atoms with Gasteiger partial charge in [-0.05, 0) is 24.2 Å². The van der Waals surface area contributed by atoms with Gasteiger partial charge in [0.25, 0.3) is 0 Å². The van der Waals surface area contributed by atoms with Gasteiger partial charge < -0.3 is 15.3 Å². The molecule has 0 saturated carbocycles. The van der Waals surface area contributed by atoms with Crippen molar-refractivity contribution in [2.75, 3.05) is 13.1 Å². The molecule has 0 unspecified atom stereocenters. The molecule has 5 heteroatoms. The number of piperidine rings is 1. The molecule has 1 heterocycles. The highest BCUT2D eigenvalue weighted by Crippen LogP contribution is 2.22. The molecule has 0 aliphatic carbocycles. The number of carbonyl (C=O) groups is 2. The minimum atomic E-state index is -0.982. The first-order chi connectivity index (χ1) is 8.75. The molecule has 1 aliphatic heterocycles. The van der Waals surface area contributed by atoms with Crippen molar-refractivity contribution in [1.29, 1.82) is 0 Å². The van der Waals surface area contributed by atoms with Crippen LogP contribution in [0.4, 0.5) is 4.79 Å². The van der Waals surface area contributed by atoms with Crippen LogP contribution < -0.4 is 5.32 Å². The quantitative estimate of drug-likeness (QED) is 0.827. The van der Waals surface area contributed by atoms with E-state index in [0.717, 1.165) is 32.4 Å². The predicted octanol–water partition coefficient (Wildman–Crippen LogP) is 2.32. The second-order valence-electron chi connectivity index (χ2n) is 6.43. The van der Waals surface area contributed by atoms with Gasteiger partial charge in [0.2, 0.25) is 0 Å². The van der Waals surface area contributed by atoms with Crippen LogP contribution in [0.2, 0.25) is 0 Å². The van der Waals surface area contributed by atoms with E-state index in [1.54, 1.807) is 4.90 Å². The van der Waals surface area contributed by atoms with Crippen molar-refractivity contribution in [2.24, 2.45) is 11.3 Å². The monoisotopic (exact) mass is 270 g/mol. The minimum Gasteiger partial charge on any atom is -0.480 e.